The van der Waals surface area contributed by atoms with Crippen LogP contribution in [-0.2, 0) is 0 Å². The number of para-hydroxylation sites is 4. The van der Waals surface area contributed by atoms with Crippen LogP contribution in [0.3, 0.4) is 0 Å². The van der Waals surface area contributed by atoms with E-state index in [2.05, 4.69) is 225 Å². The quantitative estimate of drug-likeness (QED) is 0.160. The summed E-state index contributed by atoms with van der Waals surface area (Å²) in [7, 11) is 0. The first-order valence-electron chi connectivity index (χ1n) is 25.6. The van der Waals surface area contributed by atoms with Crippen LogP contribution in [0, 0.1) is 0 Å². The standard InChI is InChI=1S/C68H42N8/c1-3-17-43(18-4-1)58-42-59(72-66(71-58)44-19-5-2-6-20-44)45-37-48(73-60-27-11-9-23-52(60)56-40-46(31-33-64(56)73)75-62-29-13-7-21-50(62)54-25-15-35-69-67(54)75)39-49(38-45)74-61-28-12-10-24-53(61)57-41-47(32-34-65(57)74)76-63-30-14-8-22-51(63)55-26-16-36-70-68(55)76/h1-42H. The maximum absolute atomic E-state index is 5.43. The smallest absolute Gasteiger partial charge is 0.160 e. The number of aromatic nitrogens is 8. The van der Waals surface area contributed by atoms with Gasteiger partial charge in [-0.05, 0) is 109 Å². The van der Waals surface area contributed by atoms with Crippen LogP contribution in [0.15, 0.2) is 255 Å². The van der Waals surface area contributed by atoms with Crippen LogP contribution in [0.5, 0.6) is 0 Å². The van der Waals surface area contributed by atoms with Gasteiger partial charge in [-0.25, -0.2) is 19.9 Å². The van der Waals surface area contributed by atoms with E-state index in [4.69, 9.17) is 19.9 Å². The van der Waals surface area contributed by atoms with Gasteiger partial charge in [0.05, 0.1) is 44.5 Å². The Morgan fingerprint density at radius 2 is 0.618 bits per heavy atom. The monoisotopic (exact) mass is 970 g/mol. The highest BCUT2D eigenvalue weighted by Gasteiger charge is 2.22. The van der Waals surface area contributed by atoms with Crippen molar-refractivity contribution in [2.45, 2.75) is 0 Å². The van der Waals surface area contributed by atoms with Crippen LogP contribution < -0.4 is 0 Å². The number of rotatable bonds is 7. The minimum absolute atomic E-state index is 0.664. The van der Waals surface area contributed by atoms with E-state index in [9.17, 15) is 0 Å². The number of pyridine rings is 2. The lowest BCUT2D eigenvalue weighted by molar-refractivity contribution is 1.12. The maximum atomic E-state index is 5.43. The molecule has 354 valence electrons. The third kappa shape index (κ3) is 6.37. The van der Waals surface area contributed by atoms with Gasteiger partial charge in [0.1, 0.15) is 11.3 Å². The summed E-state index contributed by atoms with van der Waals surface area (Å²) < 4.78 is 9.43. The van der Waals surface area contributed by atoms with Crippen molar-refractivity contribution in [3.8, 4) is 56.7 Å². The maximum Gasteiger partial charge on any atom is 0.160 e. The van der Waals surface area contributed by atoms with Crippen LogP contribution in [0.4, 0.5) is 0 Å². The first-order valence-corrected chi connectivity index (χ1v) is 25.6. The highest BCUT2D eigenvalue weighted by atomic mass is 15.1. The third-order valence-electron chi connectivity index (χ3n) is 15.2. The molecule has 0 unspecified atom stereocenters. The fourth-order valence-corrected chi connectivity index (χ4v) is 11.9. The van der Waals surface area contributed by atoms with Gasteiger partial charge >= 0.3 is 0 Å². The Morgan fingerprint density at radius 3 is 1.11 bits per heavy atom. The fourth-order valence-electron chi connectivity index (χ4n) is 11.9. The van der Waals surface area contributed by atoms with E-state index in [1.54, 1.807) is 0 Å². The molecule has 0 aliphatic rings. The first-order chi connectivity index (χ1) is 37.7. The minimum atomic E-state index is 0.664. The van der Waals surface area contributed by atoms with Gasteiger partial charge in [0, 0.05) is 94.9 Å². The normalized spacial score (nSPS) is 11.9. The number of nitrogens with zero attached hydrogens (tertiary/aromatic N) is 8. The zero-order valence-corrected chi connectivity index (χ0v) is 40.8. The van der Waals surface area contributed by atoms with E-state index in [0.29, 0.717) is 5.82 Å². The molecule has 76 heavy (non-hydrogen) atoms. The summed E-state index contributed by atoms with van der Waals surface area (Å²) in [5, 5.41) is 9.22. The summed E-state index contributed by atoms with van der Waals surface area (Å²) in [5.41, 5.74) is 17.2. The number of hydrogen-bond donors (Lipinski definition) is 0. The van der Waals surface area contributed by atoms with Crippen LogP contribution in [0.25, 0.3) is 144 Å². The summed E-state index contributed by atoms with van der Waals surface area (Å²) in [6.45, 7) is 0. The molecule has 8 nitrogen and oxygen atoms in total. The molecule has 0 atom stereocenters. The van der Waals surface area contributed by atoms with Gasteiger partial charge in [0.15, 0.2) is 5.82 Å². The van der Waals surface area contributed by atoms with Gasteiger partial charge in [-0.1, -0.05) is 133 Å². The lowest BCUT2D eigenvalue weighted by Gasteiger charge is -2.17. The Hall–Kier alpha value is -10.4. The predicted molar refractivity (Wildman–Crippen MR) is 311 cm³/mol. The number of fused-ring (bicyclic) bond motifs is 12. The molecule has 0 saturated heterocycles. The Kier molecular flexibility index (Phi) is 9.17. The first kappa shape index (κ1) is 42.1. The van der Waals surface area contributed by atoms with Crippen molar-refractivity contribution in [3.05, 3.63) is 255 Å². The molecule has 0 bridgehead atoms. The highest BCUT2D eigenvalue weighted by Crippen LogP contribution is 2.41. The molecule has 0 aliphatic heterocycles. The molecule has 0 fully saturated rings. The lowest BCUT2D eigenvalue weighted by atomic mass is 10.0. The molecule has 7 heterocycles. The van der Waals surface area contributed by atoms with Crippen LogP contribution in [-0.4, -0.2) is 38.2 Å². The Labute approximate surface area is 435 Å². The van der Waals surface area contributed by atoms with E-state index in [1.807, 2.05) is 48.8 Å². The topological polar surface area (TPSA) is 71.3 Å². The SMILES string of the molecule is c1ccc(-c2cc(-c3cc(-n4c5ccccc5c5cc(-n6c7ccccc7c7cccnc76)ccc54)cc(-n4c5ccccc5c5cc(-n6c7ccccc7c7cccnc76)ccc54)c3)nc(-c3ccccc3)n2)cc1. The molecule has 0 amide bonds. The molecule has 0 saturated carbocycles. The average molecular weight is 971 g/mol. The van der Waals surface area contributed by atoms with Crippen molar-refractivity contribution in [3.63, 3.8) is 0 Å². The number of benzene rings is 9. The molecule has 7 aromatic heterocycles. The summed E-state index contributed by atoms with van der Waals surface area (Å²) >= 11 is 0. The second-order valence-corrected chi connectivity index (χ2v) is 19.5. The molecular weight excluding hydrogens is 929 g/mol. The van der Waals surface area contributed by atoms with Gasteiger partial charge in [0.2, 0.25) is 0 Å². The Morgan fingerprint density at radius 1 is 0.237 bits per heavy atom. The van der Waals surface area contributed by atoms with Crippen molar-refractivity contribution in [1.82, 2.24) is 38.2 Å². The molecule has 16 aromatic rings. The summed E-state index contributed by atoms with van der Waals surface area (Å²) in [5.74, 6) is 0.664. The van der Waals surface area contributed by atoms with Crippen molar-refractivity contribution in [2.75, 3.05) is 0 Å². The average Bonchev–Trinajstić information content (AvgIpc) is 4.35. The van der Waals surface area contributed by atoms with Crippen molar-refractivity contribution >= 4 is 87.5 Å². The summed E-state index contributed by atoms with van der Waals surface area (Å²) in [4.78, 5) is 20.5. The van der Waals surface area contributed by atoms with E-state index < -0.39 is 0 Å². The van der Waals surface area contributed by atoms with Gasteiger partial charge in [-0.15, -0.1) is 0 Å². The minimum Gasteiger partial charge on any atom is -0.309 e. The zero-order chi connectivity index (χ0) is 49.8. The van der Waals surface area contributed by atoms with Crippen molar-refractivity contribution in [1.29, 1.82) is 0 Å². The second-order valence-electron chi connectivity index (χ2n) is 19.5. The Balaban J connectivity index is 0.967. The predicted octanol–water partition coefficient (Wildman–Crippen LogP) is 16.7. The lowest BCUT2D eigenvalue weighted by Crippen LogP contribution is -2.02. The molecule has 0 radical (unpaired) electrons. The van der Waals surface area contributed by atoms with Gasteiger partial charge < -0.3 is 9.13 Å². The molecule has 0 spiro atoms. The third-order valence-corrected chi connectivity index (χ3v) is 15.2. The highest BCUT2D eigenvalue weighted by molar-refractivity contribution is 6.14. The molecule has 9 aromatic carbocycles. The van der Waals surface area contributed by atoms with Gasteiger partial charge in [-0.2, -0.15) is 0 Å². The molecule has 0 aliphatic carbocycles. The van der Waals surface area contributed by atoms with E-state index in [-0.39, 0.29) is 0 Å². The van der Waals surface area contributed by atoms with Crippen molar-refractivity contribution < 1.29 is 0 Å². The summed E-state index contributed by atoms with van der Waals surface area (Å²) in [6, 6.07) is 86.5. The molecule has 8 heteroatoms. The van der Waals surface area contributed by atoms with Gasteiger partial charge in [0.25, 0.3) is 0 Å². The zero-order valence-electron chi connectivity index (χ0n) is 40.8. The van der Waals surface area contributed by atoms with Gasteiger partial charge in [-0.3, -0.25) is 9.13 Å². The summed E-state index contributed by atoms with van der Waals surface area (Å²) in [6.07, 6.45) is 3.77. The molecular formula is C68H42N8. The van der Waals surface area contributed by atoms with Crippen LogP contribution >= 0.6 is 0 Å². The van der Waals surface area contributed by atoms with Crippen LogP contribution in [0.1, 0.15) is 0 Å². The molecule has 16 rings (SSSR count). The van der Waals surface area contributed by atoms with E-state index in [1.165, 1.54) is 10.8 Å². The van der Waals surface area contributed by atoms with E-state index >= 15 is 0 Å². The molecule has 0 N–H and O–H groups in total. The Bertz CT molecular complexity index is 4590. The van der Waals surface area contributed by atoms with Crippen molar-refractivity contribution in [2.24, 2.45) is 0 Å². The fraction of sp³-hybridized carbons (Fsp3) is 0. The van der Waals surface area contributed by atoms with Crippen LogP contribution in [0.2, 0.25) is 0 Å². The number of hydrogen-bond acceptors (Lipinski definition) is 4. The largest absolute Gasteiger partial charge is 0.309 e. The van der Waals surface area contributed by atoms with E-state index in [0.717, 1.165) is 128 Å². The second kappa shape index (κ2) is 16.5.